The molecule has 168 valence electrons. The lowest BCUT2D eigenvalue weighted by atomic mass is 10.0. The molecule has 0 spiro atoms. The number of carbonyl (C=O) groups is 2. The molecule has 1 aliphatic rings. The minimum absolute atomic E-state index is 0.202. The number of halogens is 1. The first-order valence-corrected chi connectivity index (χ1v) is 10.8. The Morgan fingerprint density at radius 2 is 1.90 bits per heavy atom. The lowest BCUT2D eigenvalue weighted by molar-refractivity contribution is -0.181. The van der Waals surface area contributed by atoms with Crippen molar-refractivity contribution in [1.29, 1.82) is 0 Å². The molecule has 0 aromatic heterocycles. The predicted molar refractivity (Wildman–Crippen MR) is 123 cm³/mol. The van der Waals surface area contributed by atoms with Crippen LogP contribution in [0.1, 0.15) is 31.7 Å². The molecule has 0 unspecified atom stereocenters. The van der Waals surface area contributed by atoms with Gasteiger partial charge in [0.05, 0.1) is 13.2 Å². The third-order valence-electron chi connectivity index (χ3n) is 4.75. The number of allylic oxidation sites excluding steroid dienone is 2. The van der Waals surface area contributed by atoms with Crippen LogP contribution in [0, 0.1) is 0 Å². The molecule has 1 aliphatic heterocycles. The first kappa shape index (κ1) is 24.9. The quantitative estimate of drug-likeness (QED) is 0.326. The van der Waals surface area contributed by atoms with E-state index in [1.807, 2.05) is 24.3 Å². The third-order valence-corrected chi connectivity index (χ3v) is 5.12. The van der Waals surface area contributed by atoms with Crippen molar-refractivity contribution in [3.63, 3.8) is 0 Å². The van der Waals surface area contributed by atoms with E-state index in [-0.39, 0.29) is 18.1 Å². The summed E-state index contributed by atoms with van der Waals surface area (Å²) in [6.45, 7) is 7.62. The Balaban J connectivity index is 2.03. The van der Waals surface area contributed by atoms with E-state index < -0.39 is 0 Å². The molecular formula is C24H31ClN2O4. The van der Waals surface area contributed by atoms with Crippen LogP contribution in [0.2, 0.25) is 5.02 Å². The molecular weight excluding hydrogens is 416 g/mol. The Hall–Kier alpha value is -2.41. The summed E-state index contributed by atoms with van der Waals surface area (Å²) in [6, 6.07) is 7.50. The van der Waals surface area contributed by atoms with E-state index in [4.69, 9.17) is 21.1 Å². The van der Waals surface area contributed by atoms with Gasteiger partial charge in [-0.15, -0.1) is 0 Å². The van der Waals surface area contributed by atoms with Crippen molar-refractivity contribution < 1.29 is 19.1 Å². The molecule has 0 bridgehead atoms. The summed E-state index contributed by atoms with van der Waals surface area (Å²) in [5.41, 5.74) is 2.43. The van der Waals surface area contributed by atoms with Gasteiger partial charge in [0.1, 0.15) is 0 Å². The second kappa shape index (κ2) is 13.1. The maximum Gasteiger partial charge on any atom is 0.251 e. The van der Waals surface area contributed by atoms with Crippen molar-refractivity contribution >= 4 is 23.4 Å². The Kier molecular flexibility index (Phi) is 10.5. The summed E-state index contributed by atoms with van der Waals surface area (Å²) >= 11 is 6.23. The smallest absolute Gasteiger partial charge is 0.251 e. The minimum Gasteiger partial charge on any atom is -0.355 e. The van der Waals surface area contributed by atoms with Gasteiger partial charge in [-0.3, -0.25) is 9.59 Å². The normalized spacial score (nSPS) is 15.5. The Morgan fingerprint density at radius 3 is 2.58 bits per heavy atom. The number of benzene rings is 1. The number of carbonyl (C=O) groups excluding carboxylic acids is 2. The second-order valence-electron chi connectivity index (χ2n) is 7.36. The van der Waals surface area contributed by atoms with Crippen LogP contribution in [-0.4, -0.2) is 44.9 Å². The van der Waals surface area contributed by atoms with E-state index in [9.17, 15) is 9.59 Å². The maximum atomic E-state index is 12.8. The zero-order chi connectivity index (χ0) is 22.6. The molecule has 1 fully saturated rings. The van der Waals surface area contributed by atoms with Crippen molar-refractivity contribution in [3.8, 4) is 0 Å². The topological polar surface area (TPSA) is 76.7 Å². The van der Waals surface area contributed by atoms with Crippen molar-refractivity contribution in [2.75, 3.05) is 26.8 Å². The highest BCUT2D eigenvalue weighted by Crippen LogP contribution is 2.19. The van der Waals surface area contributed by atoms with Crippen LogP contribution in [0.15, 0.2) is 59.7 Å². The van der Waals surface area contributed by atoms with Crippen LogP contribution in [-0.2, 0) is 25.5 Å². The fourth-order valence-electron chi connectivity index (χ4n) is 3.10. The standard InChI is InChI=1S/C24H31ClN2O4/c1-17(14-19-8-4-5-9-21(19)25)15-20(16-18(2)23(28)26-3)24(29)27-11-6-10-22-30-12-7-13-31-22/h4-5,8-9,15-16,22H,1,6-7,10-14H2,2-3H3,(H,26,28)(H,27,29)/b18-16+,20-15+. The summed E-state index contributed by atoms with van der Waals surface area (Å²) in [7, 11) is 1.55. The van der Waals surface area contributed by atoms with Crippen molar-refractivity contribution in [1.82, 2.24) is 10.6 Å². The van der Waals surface area contributed by atoms with E-state index in [2.05, 4.69) is 17.2 Å². The van der Waals surface area contributed by atoms with E-state index >= 15 is 0 Å². The van der Waals surface area contributed by atoms with E-state index in [1.54, 1.807) is 26.1 Å². The number of hydrogen-bond acceptors (Lipinski definition) is 4. The van der Waals surface area contributed by atoms with Gasteiger partial charge in [-0.2, -0.15) is 0 Å². The fraction of sp³-hybridized carbons (Fsp3) is 0.417. The fourth-order valence-corrected chi connectivity index (χ4v) is 3.30. The highest BCUT2D eigenvalue weighted by atomic mass is 35.5. The SMILES string of the molecule is C=C(/C=C(\C=C(/C)C(=O)NC)C(=O)NCCCC1OCCCO1)Cc1ccccc1Cl. The van der Waals surface area contributed by atoms with Gasteiger partial charge < -0.3 is 20.1 Å². The first-order valence-electron chi connectivity index (χ1n) is 10.5. The minimum atomic E-state index is -0.269. The van der Waals surface area contributed by atoms with Crippen molar-refractivity contribution in [3.05, 3.63) is 70.3 Å². The molecule has 1 aromatic carbocycles. The third kappa shape index (κ3) is 8.69. The highest BCUT2D eigenvalue weighted by molar-refractivity contribution is 6.31. The molecule has 1 aromatic rings. The predicted octanol–water partition coefficient (Wildman–Crippen LogP) is 3.72. The maximum absolute atomic E-state index is 12.8. The summed E-state index contributed by atoms with van der Waals surface area (Å²) in [5, 5.41) is 6.11. The molecule has 7 heteroatoms. The molecule has 0 aliphatic carbocycles. The van der Waals surface area contributed by atoms with E-state index in [0.29, 0.717) is 54.3 Å². The van der Waals surface area contributed by atoms with Gasteiger partial charge >= 0.3 is 0 Å². The average Bonchev–Trinajstić information content (AvgIpc) is 2.77. The molecule has 0 saturated carbocycles. The average molecular weight is 447 g/mol. The molecule has 31 heavy (non-hydrogen) atoms. The van der Waals surface area contributed by atoms with Crippen LogP contribution < -0.4 is 10.6 Å². The summed E-state index contributed by atoms with van der Waals surface area (Å²) in [6.07, 6.45) is 5.91. The molecule has 0 atom stereocenters. The number of hydrogen-bond donors (Lipinski definition) is 2. The largest absolute Gasteiger partial charge is 0.355 e. The first-order chi connectivity index (χ1) is 14.9. The van der Waals surface area contributed by atoms with Gasteiger partial charge in [0.25, 0.3) is 5.91 Å². The number of likely N-dealkylation sites (N-methyl/N-ethyl adjacent to an activating group) is 1. The number of amides is 2. The Morgan fingerprint density at radius 1 is 1.19 bits per heavy atom. The number of nitrogens with one attached hydrogen (secondary N) is 2. The summed E-state index contributed by atoms with van der Waals surface area (Å²) in [4.78, 5) is 24.7. The van der Waals surface area contributed by atoms with Gasteiger partial charge in [0.2, 0.25) is 5.91 Å². The summed E-state index contributed by atoms with van der Waals surface area (Å²) < 4.78 is 11.0. The van der Waals surface area contributed by atoms with Crippen LogP contribution in [0.5, 0.6) is 0 Å². The van der Waals surface area contributed by atoms with Gasteiger partial charge in [0, 0.05) is 36.2 Å². The zero-order valence-electron chi connectivity index (χ0n) is 18.2. The number of rotatable bonds is 10. The van der Waals surface area contributed by atoms with Gasteiger partial charge in [-0.1, -0.05) is 36.4 Å². The van der Waals surface area contributed by atoms with Crippen LogP contribution in [0.4, 0.5) is 0 Å². The van der Waals surface area contributed by atoms with Crippen LogP contribution in [0.25, 0.3) is 0 Å². The zero-order valence-corrected chi connectivity index (χ0v) is 19.0. The second-order valence-corrected chi connectivity index (χ2v) is 7.76. The van der Waals surface area contributed by atoms with Crippen LogP contribution in [0.3, 0.4) is 0 Å². The lowest BCUT2D eigenvalue weighted by Crippen LogP contribution is -2.29. The monoisotopic (exact) mass is 446 g/mol. The molecule has 2 amide bonds. The molecule has 1 heterocycles. The lowest BCUT2D eigenvalue weighted by Gasteiger charge is -2.23. The van der Waals surface area contributed by atoms with Crippen LogP contribution >= 0.6 is 11.6 Å². The molecule has 2 N–H and O–H groups in total. The van der Waals surface area contributed by atoms with E-state index in [0.717, 1.165) is 18.4 Å². The Bertz CT molecular complexity index is 842. The van der Waals surface area contributed by atoms with E-state index in [1.165, 1.54) is 0 Å². The molecule has 6 nitrogen and oxygen atoms in total. The van der Waals surface area contributed by atoms with Gasteiger partial charge in [-0.25, -0.2) is 0 Å². The Labute approximate surface area is 189 Å². The van der Waals surface area contributed by atoms with Crippen molar-refractivity contribution in [2.45, 2.75) is 38.9 Å². The van der Waals surface area contributed by atoms with Crippen molar-refractivity contribution in [2.24, 2.45) is 0 Å². The molecule has 1 saturated heterocycles. The highest BCUT2D eigenvalue weighted by Gasteiger charge is 2.15. The summed E-state index contributed by atoms with van der Waals surface area (Å²) in [5.74, 6) is -0.518. The number of ether oxygens (including phenoxy) is 2. The molecule has 2 rings (SSSR count). The van der Waals surface area contributed by atoms with Gasteiger partial charge in [-0.05, 0) is 55.5 Å². The van der Waals surface area contributed by atoms with Gasteiger partial charge in [0.15, 0.2) is 6.29 Å². The molecule has 0 radical (unpaired) electrons.